The first-order valence-corrected chi connectivity index (χ1v) is 4.98. The van der Waals surface area contributed by atoms with E-state index in [0.29, 0.717) is 0 Å². The molecule has 3 rings (SSSR count). The summed E-state index contributed by atoms with van der Waals surface area (Å²) in [7, 11) is 0. The lowest BCUT2D eigenvalue weighted by atomic mass is 10.1. The summed E-state index contributed by atoms with van der Waals surface area (Å²) in [5, 5.41) is 3.59. The van der Waals surface area contributed by atoms with Crippen LogP contribution >= 0.6 is 0 Å². The third-order valence-electron chi connectivity index (χ3n) is 3.07. The van der Waals surface area contributed by atoms with Crippen LogP contribution in [0.2, 0.25) is 0 Å². The van der Waals surface area contributed by atoms with Crippen molar-refractivity contribution in [2.24, 2.45) is 0 Å². The maximum Gasteiger partial charge on any atom is 0.0224 e. The third kappa shape index (κ3) is 1.54. The van der Waals surface area contributed by atoms with Crippen molar-refractivity contribution in [3.05, 3.63) is 12.7 Å². The van der Waals surface area contributed by atoms with Crippen LogP contribution in [0.25, 0.3) is 0 Å². The van der Waals surface area contributed by atoms with E-state index < -0.39 is 0 Å². The van der Waals surface area contributed by atoms with Gasteiger partial charge in [0.05, 0.1) is 0 Å². The minimum absolute atomic E-state index is 0.753. The van der Waals surface area contributed by atoms with E-state index >= 15 is 0 Å². The van der Waals surface area contributed by atoms with E-state index in [1.54, 1.807) is 0 Å². The molecule has 3 fully saturated rings. The Morgan fingerprint density at radius 1 is 1.50 bits per heavy atom. The van der Waals surface area contributed by atoms with Crippen LogP contribution < -0.4 is 5.32 Å². The highest BCUT2D eigenvalue weighted by Gasteiger charge is 2.29. The zero-order valence-electron chi connectivity index (χ0n) is 7.63. The molecule has 3 aliphatic rings. The van der Waals surface area contributed by atoms with Gasteiger partial charge in [-0.05, 0) is 12.8 Å². The van der Waals surface area contributed by atoms with Gasteiger partial charge in [0.1, 0.15) is 0 Å². The SMILES string of the molecule is C=CCN1CC2CCCC1CN2. The van der Waals surface area contributed by atoms with E-state index in [-0.39, 0.29) is 0 Å². The predicted octanol–water partition coefficient (Wildman–Crippen LogP) is 0.999. The molecule has 2 bridgehead atoms. The summed E-state index contributed by atoms with van der Waals surface area (Å²) in [5.41, 5.74) is 0. The molecule has 3 aliphatic heterocycles. The first-order valence-electron chi connectivity index (χ1n) is 4.98. The number of hydrogen-bond donors (Lipinski definition) is 1. The summed E-state index contributed by atoms with van der Waals surface area (Å²) in [4.78, 5) is 2.57. The zero-order valence-corrected chi connectivity index (χ0v) is 7.63. The van der Waals surface area contributed by atoms with Crippen LogP contribution in [-0.2, 0) is 0 Å². The summed E-state index contributed by atoms with van der Waals surface area (Å²) in [6, 6.07) is 1.53. The Bertz CT molecular complexity index is 163. The highest BCUT2D eigenvalue weighted by molar-refractivity contribution is 4.92. The highest BCUT2D eigenvalue weighted by atomic mass is 15.2. The number of hydrogen-bond acceptors (Lipinski definition) is 2. The van der Waals surface area contributed by atoms with Crippen LogP contribution in [0.15, 0.2) is 12.7 Å². The largest absolute Gasteiger partial charge is 0.311 e. The van der Waals surface area contributed by atoms with E-state index in [1.807, 2.05) is 6.08 Å². The van der Waals surface area contributed by atoms with Gasteiger partial charge in [-0.2, -0.15) is 0 Å². The Kier molecular flexibility index (Phi) is 2.47. The van der Waals surface area contributed by atoms with Crippen LogP contribution in [-0.4, -0.2) is 36.6 Å². The molecule has 0 aliphatic carbocycles. The Morgan fingerprint density at radius 3 is 3.25 bits per heavy atom. The molecule has 2 unspecified atom stereocenters. The lowest BCUT2D eigenvalue weighted by Crippen LogP contribution is -2.54. The van der Waals surface area contributed by atoms with Crippen molar-refractivity contribution in [1.29, 1.82) is 0 Å². The number of nitrogens with zero attached hydrogens (tertiary/aromatic N) is 1. The molecule has 0 saturated carbocycles. The van der Waals surface area contributed by atoms with Crippen molar-refractivity contribution in [3.63, 3.8) is 0 Å². The second-order valence-electron chi connectivity index (χ2n) is 3.93. The molecule has 0 amide bonds. The topological polar surface area (TPSA) is 15.3 Å². The molecule has 68 valence electrons. The van der Waals surface area contributed by atoms with Crippen molar-refractivity contribution in [2.75, 3.05) is 19.6 Å². The van der Waals surface area contributed by atoms with E-state index in [9.17, 15) is 0 Å². The zero-order chi connectivity index (χ0) is 8.39. The maximum atomic E-state index is 3.81. The molecule has 0 aromatic heterocycles. The first kappa shape index (κ1) is 8.27. The second-order valence-corrected chi connectivity index (χ2v) is 3.93. The average Bonchev–Trinajstić information content (AvgIpc) is 2.39. The standard InChI is InChI=1S/C10H18N2/c1-2-6-12-8-9-4-3-5-10(12)7-11-9/h2,9-11H,1,3-8H2. The van der Waals surface area contributed by atoms with Gasteiger partial charge in [0.25, 0.3) is 0 Å². The van der Waals surface area contributed by atoms with Crippen molar-refractivity contribution >= 4 is 0 Å². The molecule has 0 aromatic rings. The van der Waals surface area contributed by atoms with Gasteiger partial charge >= 0.3 is 0 Å². The second kappa shape index (κ2) is 3.58. The number of fused-ring (bicyclic) bond motifs is 4. The van der Waals surface area contributed by atoms with Gasteiger partial charge in [-0.1, -0.05) is 12.5 Å². The maximum absolute atomic E-state index is 3.81. The van der Waals surface area contributed by atoms with Crippen molar-refractivity contribution in [2.45, 2.75) is 31.3 Å². The molecule has 2 heteroatoms. The Labute approximate surface area is 74.6 Å². The number of nitrogens with one attached hydrogen (secondary N) is 1. The number of rotatable bonds is 2. The molecule has 2 nitrogen and oxygen atoms in total. The van der Waals surface area contributed by atoms with E-state index in [0.717, 1.165) is 18.6 Å². The summed E-state index contributed by atoms with van der Waals surface area (Å²) in [5.74, 6) is 0. The predicted molar refractivity (Wildman–Crippen MR) is 51.2 cm³/mol. The van der Waals surface area contributed by atoms with Gasteiger partial charge in [0.2, 0.25) is 0 Å². The quantitative estimate of drug-likeness (QED) is 0.616. The summed E-state index contributed by atoms with van der Waals surface area (Å²) >= 11 is 0. The van der Waals surface area contributed by atoms with Crippen LogP contribution in [0.5, 0.6) is 0 Å². The molecular weight excluding hydrogens is 148 g/mol. The average molecular weight is 166 g/mol. The van der Waals surface area contributed by atoms with Crippen LogP contribution in [0.3, 0.4) is 0 Å². The Balaban J connectivity index is 2.01. The van der Waals surface area contributed by atoms with E-state index in [4.69, 9.17) is 0 Å². The fourth-order valence-corrected chi connectivity index (χ4v) is 2.40. The van der Waals surface area contributed by atoms with E-state index in [2.05, 4.69) is 16.8 Å². The normalized spacial score (nSPS) is 36.3. The molecule has 0 radical (unpaired) electrons. The smallest absolute Gasteiger partial charge is 0.0224 e. The molecule has 3 saturated heterocycles. The monoisotopic (exact) mass is 166 g/mol. The van der Waals surface area contributed by atoms with Gasteiger partial charge < -0.3 is 5.32 Å². The number of piperazine rings is 1. The molecule has 0 aromatic carbocycles. The molecule has 3 heterocycles. The molecular formula is C10H18N2. The van der Waals surface area contributed by atoms with Crippen molar-refractivity contribution in [3.8, 4) is 0 Å². The lowest BCUT2D eigenvalue weighted by molar-refractivity contribution is 0.161. The Hall–Kier alpha value is -0.340. The van der Waals surface area contributed by atoms with Crippen LogP contribution in [0.4, 0.5) is 0 Å². The fraction of sp³-hybridized carbons (Fsp3) is 0.800. The molecule has 12 heavy (non-hydrogen) atoms. The van der Waals surface area contributed by atoms with E-state index in [1.165, 1.54) is 32.4 Å². The van der Waals surface area contributed by atoms with Crippen LogP contribution in [0.1, 0.15) is 19.3 Å². The van der Waals surface area contributed by atoms with Crippen LogP contribution in [0, 0.1) is 0 Å². The fourth-order valence-electron chi connectivity index (χ4n) is 2.40. The molecule has 0 spiro atoms. The van der Waals surface area contributed by atoms with Gasteiger partial charge in [0, 0.05) is 31.7 Å². The minimum atomic E-state index is 0.753. The molecule has 2 atom stereocenters. The van der Waals surface area contributed by atoms with Gasteiger partial charge in [-0.15, -0.1) is 6.58 Å². The lowest BCUT2D eigenvalue weighted by Gasteiger charge is -2.36. The van der Waals surface area contributed by atoms with Gasteiger partial charge in [-0.25, -0.2) is 0 Å². The summed E-state index contributed by atoms with van der Waals surface area (Å²) in [6.45, 7) is 7.30. The van der Waals surface area contributed by atoms with Crippen molar-refractivity contribution in [1.82, 2.24) is 10.2 Å². The summed E-state index contributed by atoms with van der Waals surface area (Å²) < 4.78 is 0. The minimum Gasteiger partial charge on any atom is -0.311 e. The summed E-state index contributed by atoms with van der Waals surface area (Å²) in [6.07, 6.45) is 6.16. The van der Waals surface area contributed by atoms with Gasteiger partial charge in [-0.3, -0.25) is 4.90 Å². The Morgan fingerprint density at radius 2 is 2.42 bits per heavy atom. The molecule has 1 N–H and O–H groups in total. The first-order chi connectivity index (χ1) is 5.90. The highest BCUT2D eigenvalue weighted by Crippen LogP contribution is 2.20. The third-order valence-corrected chi connectivity index (χ3v) is 3.07. The van der Waals surface area contributed by atoms with Gasteiger partial charge in [0.15, 0.2) is 0 Å². The van der Waals surface area contributed by atoms with Crippen molar-refractivity contribution < 1.29 is 0 Å².